The number of halogens is 1. The summed E-state index contributed by atoms with van der Waals surface area (Å²) in [6.07, 6.45) is 3.10. The van der Waals surface area contributed by atoms with Crippen LogP contribution in [0.25, 0.3) is 0 Å². The van der Waals surface area contributed by atoms with Gasteiger partial charge in [-0.3, -0.25) is 10.1 Å². The first-order chi connectivity index (χ1) is 11.2. The number of nitrogens with zero attached hydrogens (tertiary/aromatic N) is 2. The van der Waals surface area contributed by atoms with E-state index in [1.807, 2.05) is 0 Å². The van der Waals surface area contributed by atoms with Crippen LogP contribution in [-0.2, 0) is 11.3 Å². The predicted octanol–water partition coefficient (Wildman–Crippen LogP) is 3.08. The number of aliphatic imine (C=N–C) groups is 1. The summed E-state index contributed by atoms with van der Waals surface area (Å²) >= 11 is 0. The van der Waals surface area contributed by atoms with Gasteiger partial charge in [0.2, 0.25) is 0 Å². The van der Waals surface area contributed by atoms with Gasteiger partial charge in [0.15, 0.2) is 5.96 Å². The Labute approximate surface area is 160 Å². The maximum absolute atomic E-state index is 10.6. The molecule has 136 valence electrons. The van der Waals surface area contributed by atoms with Gasteiger partial charge in [0.1, 0.15) is 0 Å². The second kappa shape index (κ2) is 14.0. The number of hydrogen-bond acceptors (Lipinski definition) is 4. The van der Waals surface area contributed by atoms with Gasteiger partial charge < -0.3 is 15.4 Å². The molecule has 0 aliphatic rings. The normalized spacial score (nSPS) is 10.8. The number of unbranched alkanes of at least 4 members (excludes halogenated alkanes) is 1. The lowest BCUT2D eigenvalue weighted by Gasteiger charge is -2.12. The summed E-state index contributed by atoms with van der Waals surface area (Å²) in [6.45, 7) is 4.97. The van der Waals surface area contributed by atoms with Crippen LogP contribution in [0.4, 0.5) is 5.69 Å². The highest BCUT2D eigenvalue weighted by atomic mass is 127. The summed E-state index contributed by atoms with van der Waals surface area (Å²) < 4.78 is 5.03. The molecule has 0 unspecified atom stereocenters. The molecule has 0 amide bonds. The summed E-state index contributed by atoms with van der Waals surface area (Å²) in [5, 5.41) is 17.2. The number of nitro benzene ring substituents is 1. The van der Waals surface area contributed by atoms with Crippen LogP contribution in [0, 0.1) is 10.1 Å². The van der Waals surface area contributed by atoms with Gasteiger partial charge in [-0.05, 0) is 18.4 Å². The summed E-state index contributed by atoms with van der Waals surface area (Å²) in [7, 11) is 1.68. The second-order valence-corrected chi connectivity index (χ2v) is 5.14. The van der Waals surface area contributed by atoms with Crippen LogP contribution < -0.4 is 10.6 Å². The fourth-order valence-corrected chi connectivity index (χ4v) is 1.87. The number of non-ortho nitro benzene ring substituents is 1. The number of methoxy groups -OCH3 is 1. The summed E-state index contributed by atoms with van der Waals surface area (Å²) in [5.41, 5.74) is 1.03. The molecule has 8 heteroatoms. The first kappa shape index (κ1) is 22.6. The minimum absolute atomic E-state index is 0. The van der Waals surface area contributed by atoms with Crippen LogP contribution in [0.3, 0.4) is 0 Å². The lowest BCUT2D eigenvalue weighted by molar-refractivity contribution is -0.384. The molecule has 24 heavy (non-hydrogen) atoms. The number of rotatable bonds is 10. The molecular weight excluding hydrogens is 423 g/mol. The van der Waals surface area contributed by atoms with Crippen molar-refractivity contribution >= 4 is 35.6 Å². The zero-order valence-electron chi connectivity index (χ0n) is 14.3. The van der Waals surface area contributed by atoms with E-state index in [0.29, 0.717) is 13.2 Å². The van der Waals surface area contributed by atoms with Crippen LogP contribution in [0.5, 0.6) is 0 Å². The molecule has 7 nitrogen and oxygen atoms in total. The van der Waals surface area contributed by atoms with E-state index in [0.717, 1.165) is 43.9 Å². The summed E-state index contributed by atoms with van der Waals surface area (Å²) in [6, 6.07) is 6.47. The fraction of sp³-hybridized carbons (Fsp3) is 0.562. The van der Waals surface area contributed by atoms with Crippen molar-refractivity contribution < 1.29 is 9.66 Å². The molecule has 0 bridgehead atoms. The Morgan fingerprint density at radius 1 is 1.21 bits per heavy atom. The lowest BCUT2D eigenvalue weighted by Crippen LogP contribution is -2.38. The Morgan fingerprint density at radius 3 is 2.38 bits per heavy atom. The zero-order chi connectivity index (χ0) is 16.9. The molecule has 1 aromatic carbocycles. The van der Waals surface area contributed by atoms with Gasteiger partial charge in [-0.2, -0.15) is 0 Å². The average molecular weight is 450 g/mol. The molecule has 0 spiro atoms. The number of guanidine groups is 1. The number of ether oxygens (including phenoxy) is 1. The number of benzene rings is 1. The Bertz CT molecular complexity index is 495. The van der Waals surface area contributed by atoms with E-state index >= 15 is 0 Å². The monoisotopic (exact) mass is 450 g/mol. The largest absolute Gasteiger partial charge is 0.385 e. The molecule has 0 heterocycles. The van der Waals surface area contributed by atoms with Crippen molar-refractivity contribution in [1.82, 2.24) is 10.6 Å². The van der Waals surface area contributed by atoms with Crippen molar-refractivity contribution in [3.63, 3.8) is 0 Å². The predicted molar refractivity (Wildman–Crippen MR) is 107 cm³/mol. The smallest absolute Gasteiger partial charge is 0.269 e. The Kier molecular flexibility index (Phi) is 13.1. The summed E-state index contributed by atoms with van der Waals surface area (Å²) in [4.78, 5) is 14.8. The van der Waals surface area contributed by atoms with E-state index in [-0.39, 0.29) is 29.7 Å². The molecule has 0 saturated carbocycles. The van der Waals surface area contributed by atoms with E-state index in [4.69, 9.17) is 4.74 Å². The quantitative estimate of drug-likeness (QED) is 0.143. The van der Waals surface area contributed by atoms with Crippen molar-refractivity contribution in [2.24, 2.45) is 4.99 Å². The number of nitrogens with one attached hydrogen (secondary N) is 2. The molecule has 0 aliphatic carbocycles. The Morgan fingerprint density at radius 2 is 1.83 bits per heavy atom. The van der Waals surface area contributed by atoms with Gasteiger partial charge in [-0.1, -0.05) is 25.5 Å². The van der Waals surface area contributed by atoms with Gasteiger partial charge >= 0.3 is 0 Å². The van der Waals surface area contributed by atoms with Gasteiger partial charge in [0.05, 0.1) is 11.5 Å². The van der Waals surface area contributed by atoms with Crippen LogP contribution in [0.1, 0.15) is 31.7 Å². The van der Waals surface area contributed by atoms with E-state index in [9.17, 15) is 10.1 Å². The Hall–Kier alpha value is -1.42. The van der Waals surface area contributed by atoms with E-state index in [1.165, 1.54) is 12.1 Å². The van der Waals surface area contributed by atoms with Crippen LogP contribution in [0.2, 0.25) is 0 Å². The van der Waals surface area contributed by atoms with E-state index in [2.05, 4.69) is 22.5 Å². The minimum Gasteiger partial charge on any atom is -0.385 e. The molecule has 0 saturated heterocycles. The van der Waals surface area contributed by atoms with Crippen LogP contribution in [-0.4, -0.2) is 37.7 Å². The van der Waals surface area contributed by atoms with Crippen molar-refractivity contribution in [3.8, 4) is 0 Å². The first-order valence-corrected chi connectivity index (χ1v) is 7.91. The molecular formula is C16H27IN4O3. The van der Waals surface area contributed by atoms with Crippen LogP contribution in [0.15, 0.2) is 29.3 Å². The molecule has 0 radical (unpaired) electrons. The van der Waals surface area contributed by atoms with Gasteiger partial charge in [-0.25, -0.2) is 4.99 Å². The maximum Gasteiger partial charge on any atom is 0.269 e. The molecule has 2 N–H and O–H groups in total. The summed E-state index contributed by atoms with van der Waals surface area (Å²) in [5.74, 6) is 0.757. The fourth-order valence-electron chi connectivity index (χ4n) is 1.87. The minimum atomic E-state index is -0.401. The molecule has 0 aliphatic heterocycles. The molecule has 0 fully saturated rings. The third kappa shape index (κ3) is 9.66. The van der Waals surface area contributed by atoms with Gasteiger partial charge in [-0.15, -0.1) is 24.0 Å². The lowest BCUT2D eigenvalue weighted by atomic mass is 10.2. The van der Waals surface area contributed by atoms with Crippen molar-refractivity contribution in [3.05, 3.63) is 39.9 Å². The van der Waals surface area contributed by atoms with Crippen molar-refractivity contribution in [1.29, 1.82) is 0 Å². The first-order valence-electron chi connectivity index (χ1n) is 7.91. The topological polar surface area (TPSA) is 88.8 Å². The van der Waals surface area contributed by atoms with Gasteiger partial charge in [0.25, 0.3) is 5.69 Å². The zero-order valence-corrected chi connectivity index (χ0v) is 16.6. The standard InChI is InChI=1S/C16H26N4O3.HI/c1-3-4-10-17-16(18-11-5-12-23-2)19-13-14-6-8-15(9-7-14)20(21)22;/h6-9H,3-5,10-13H2,1-2H3,(H2,17,18,19);1H. The Balaban J connectivity index is 0.00000529. The highest BCUT2D eigenvalue weighted by Crippen LogP contribution is 2.12. The number of hydrogen-bond donors (Lipinski definition) is 2. The van der Waals surface area contributed by atoms with Gasteiger partial charge in [0, 0.05) is 38.9 Å². The average Bonchev–Trinajstić information content (AvgIpc) is 2.56. The van der Waals surface area contributed by atoms with E-state index < -0.39 is 4.92 Å². The highest BCUT2D eigenvalue weighted by Gasteiger charge is 2.04. The van der Waals surface area contributed by atoms with Crippen molar-refractivity contribution in [2.45, 2.75) is 32.7 Å². The molecule has 0 atom stereocenters. The maximum atomic E-state index is 10.6. The van der Waals surface area contributed by atoms with Crippen molar-refractivity contribution in [2.75, 3.05) is 26.8 Å². The van der Waals surface area contributed by atoms with Crippen LogP contribution >= 0.6 is 24.0 Å². The third-order valence-electron chi connectivity index (χ3n) is 3.21. The van der Waals surface area contributed by atoms with E-state index in [1.54, 1.807) is 19.2 Å². The number of nitro groups is 1. The SMILES string of the molecule is CCCCNC(=NCc1ccc([N+](=O)[O-])cc1)NCCCOC.I. The third-order valence-corrected chi connectivity index (χ3v) is 3.21. The highest BCUT2D eigenvalue weighted by molar-refractivity contribution is 14.0. The molecule has 0 aromatic heterocycles. The molecule has 1 rings (SSSR count). The molecule has 1 aromatic rings. The second-order valence-electron chi connectivity index (χ2n) is 5.14.